The van der Waals surface area contributed by atoms with Crippen molar-refractivity contribution in [2.45, 2.75) is 0 Å². The number of hydrazone groups is 1. The predicted octanol–water partition coefficient (Wildman–Crippen LogP) is 3.55. The molecule has 0 bridgehead atoms. The summed E-state index contributed by atoms with van der Waals surface area (Å²) < 4.78 is 12.9. The van der Waals surface area contributed by atoms with E-state index in [-0.39, 0.29) is 5.75 Å². The average Bonchev–Trinajstić information content (AvgIpc) is 2.70. The number of phenols is 1. The zero-order valence-electron chi connectivity index (χ0n) is 14.6. The molecule has 2 amide bonds. The van der Waals surface area contributed by atoms with E-state index in [0.717, 1.165) is 0 Å². The standard InChI is InChI=1S/C21H16FN3O3/c22-17-8-6-15(7-9-17)20(27)24-18-3-1-2-16(12-18)21(28)25-23-13-14-4-10-19(26)11-5-14/h1-13,26H,(H,24,27)(H,25,28)/b23-13-. The molecule has 7 heteroatoms. The van der Waals surface area contributed by atoms with Gasteiger partial charge >= 0.3 is 0 Å². The first-order chi connectivity index (χ1) is 13.5. The highest BCUT2D eigenvalue weighted by Gasteiger charge is 2.09. The molecule has 0 aromatic heterocycles. The fourth-order valence-electron chi connectivity index (χ4n) is 2.33. The van der Waals surface area contributed by atoms with Crippen LogP contribution in [0.5, 0.6) is 5.75 Å². The molecule has 0 fully saturated rings. The number of carbonyl (C=O) groups is 2. The maximum atomic E-state index is 12.9. The molecule has 3 N–H and O–H groups in total. The second kappa shape index (κ2) is 8.59. The summed E-state index contributed by atoms with van der Waals surface area (Å²) in [5.41, 5.74) is 4.13. The molecule has 0 atom stereocenters. The van der Waals surface area contributed by atoms with Crippen molar-refractivity contribution in [1.82, 2.24) is 5.43 Å². The van der Waals surface area contributed by atoms with Crippen LogP contribution in [0.2, 0.25) is 0 Å². The van der Waals surface area contributed by atoms with Gasteiger partial charge in [-0.3, -0.25) is 9.59 Å². The minimum Gasteiger partial charge on any atom is -0.508 e. The number of nitrogens with one attached hydrogen (secondary N) is 2. The molecular formula is C21H16FN3O3. The van der Waals surface area contributed by atoms with E-state index >= 15 is 0 Å². The number of aromatic hydroxyl groups is 1. The Kier molecular flexibility index (Phi) is 5.76. The van der Waals surface area contributed by atoms with E-state index in [1.165, 1.54) is 48.7 Å². The third-order valence-electron chi connectivity index (χ3n) is 3.76. The van der Waals surface area contributed by atoms with Gasteiger partial charge in [-0.25, -0.2) is 9.82 Å². The Morgan fingerprint density at radius 2 is 1.61 bits per heavy atom. The first-order valence-electron chi connectivity index (χ1n) is 8.31. The maximum absolute atomic E-state index is 12.9. The molecule has 0 saturated carbocycles. The lowest BCUT2D eigenvalue weighted by Gasteiger charge is -2.07. The van der Waals surface area contributed by atoms with Gasteiger partial charge in [-0.2, -0.15) is 5.10 Å². The van der Waals surface area contributed by atoms with E-state index in [9.17, 15) is 19.1 Å². The second-order valence-electron chi connectivity index (χ2n) is 5.83. The number of benzene rings is 3. The van der Waals surface area contributed by atoms with Crippen molar-refractivity contribution < 1.29 is 19.1 Å². The number of rotatable bonds is 5. The van der Waals surface area contributed by atoms with E-state index in [1.807, 2.05) is 0 Å². The first kappa shape index (κ1) is 18.8. The summed E-state index contributed by atoms with van der Waals surface area (Å²) in [6.45, 7) is 0. The number of phenolic OH excluding ortho intramolecular Hbond substituents is 1. The molecular weight excluding hydrogens is 361 g/mol. The van der Waals surface area contributed by atoms with Crippen molar-refractivity contribution in [2.24, 2.45) is 5.10 Å². The van der Waals surface area contributed by atoms with Crippen LogP contribution in [0.1, 0.15) is 26.3 Å². The molecule has 0 radical (unpaired) electrons. The van der Waals surface area contributed by atoms with E-state index in [4.69, 9.17) is 0 Å². The Morgan fingerprint density at radius 3 is 2.32 bits per heavy atom. The smallest absolute Gasteiger partial charge is 0.271 e. The van der Waals surface area contributed by atoms with E-state index in [0.29, 0.717) is 22.4 Å². The largest absolute Gasteiger partial charge is 0.508 e. The molecule has 6 nitrogen and oxygen atoms in total. The van der Waals surface area contributed by atoms with Gasteiger partial charge in [-0.15, -0.1) is 0 Å². The third-order valence-corrected chi connectivity index (χ3v) is 3.76. The molecule has 0 aliphatic rings. The van der Waals surface area contributed by atoms with Gasteiger partial charge in [0.05, 0.1) is 6.21 Å². The van der Waals surface area contributed by atoms with Crippen molar-refractivity contribution in [3.8, 4) is 5.75 Å². The summed E-state index contributed by atoms with van der Waals surface area (Å²) in [7, 11) is 0. The molecule has 0 saturated heterocycles. The lowest BCUT2D eigenvalue weighted by atomic mass is 10.1. The monoisotopic (exact) mass is 377 g/mol. The summed E-state index contributed by atoms with van der Waals surface area (Å²) in [6.07, 6.45) is 1.44. The highest BCUT2D eigenvalue weighted by Crippen LogP contribution is 2.13. The number of carbonyl (C=O) groups excluding carboxylic acids is 2. The average molecular weight is 377 g/mol. The third kappa shape index (κ3) is 5.01. The SMILES string of the molecule is O=C(N/N=C\c1ccc(O)cc1)c1cccc(NC(=O)c2ccc(F)cc2)c1. The Labute approximate surface area is 160 Å². The van der Waals surface area contributed by atoms with Crippen LogP contribution < -0.4 is 10.7 Å². The lowest BCUT2D eigenvalue weighted by molar-refractivity contribution is 0.0953. The second-order valence-corrected chi connectivity index (χ2v) is 5.83. The number of hydrogen-bond donors (Lipinski definition) is 3. The van der Waals surface area contributed by atoms with Crippen LogP contribution in [0.15, 0.2) is 77.9 Å². The molecule has 3 rings (SSSR count). The van der Waals surface area contributed by atoms with Crippen molar-refractivity contribution in [1.29, 1.82) is 0 Å². The number of nitrogens with zero attached hydrogens (tertiary/aromatic N) is 1. The topological polar surface area (TPSA) is 90.8 Å². The summed E-state index contributed by atoms with van der Waals surface area (Å²) in [5, 5.41) is 15.8. The summed E-state index contributed by atoms with van der Waals surface area (Å²) in [5.74, 6) is -1.15. The van der Waals surface area contributed by atoms with E-state index in [2.05, 4.69) is 15.8 Å². The van der Waals surface area contributed by atoms with Crippen LogP contribution in [0.4, 0.5) is 10.1 Å². The van der Waals surface area contributed by atoms with E-state index in [1.54, 1.807) is 30.3 Å². The van der Waals surface area contributed by atoms with E-state index < -0.39 is 17.6 Å². The number of hydrogen-bond acceptors (Lipinski definition) is 4. The van der Waals surface area contributed by atoms with Gasteiger partial charge in [-0.05, 0) is 72.3 Å². The number of amides is 2. The van der Waals surface area contributed by atoms with Crippen LogP contribution in [0.3, 0.4) is 0 Å². The zero-order valence-corrected chi connectivity index (χ0v) is 14.6. The highest BCUT2D eigenvalue weighted by molar-refractivity contribution is 6.05. The van der Waals surface area contributed by atoms with Crippen LogP contribution in [-0.4, -0.2) is 23.1 Å². The summed E-state index contributed by atoms with van der Waals surface area (Å²) in [4.78, 5) is 24.4. The molecule has 0 aliphatic carbocycles. The molecule has 3 aromatic carbocycles. The predicted molar refractivity (Wildman–Crippen MR) is 104 cm³/mol. The fraction of sp³-hybridized carbons (Fsp3) is 0. The van der Waals surface area contributed by atoms with Gasteiger partial charge in [0, 0.05) is 16.8 Å². The lowest BCUT2D eigenvalue weighted by Crippen LogP contribution is -2.18. The molecule has 140 valence electrons. The van der Waals surface area contributed by atoms with Crippen molar-refractivity contribution >= 4 is 23.7 Å². The normalized spacial score (nSPS) is 10.6. The van der Waals surface area contributed by atoms with Gasteiger partial charge in [0.15, 0.2) is 0 Å². The Bertz CT molecular complexity index is 1020. The van der Waals surface area contributed by atoms with Crippen LogP contribution in [0.25, 0.3) is 0 Å². The Balaban J connectivity index is 1.63. The van der Waals surface area contributed by atoms with Gasteiger partial charge in [0.1, 0.15) is 11.6 Å². The van der Waals surface area contributed by atoms with Gasteiger partial charge in [-0.1, -0.05) is 6.07 Å². The van der Waals surface area contributed by atoms with Crippen LogP contribution in [-0.2, 0) is 0 Å². The molecule has 28 heavy (non-hydrogen) atoms. The van der Waals surface area contributed by atoms with Crippen molar-refractivity contribution in [3.05, 3.63) is 95.3 Å². The quantitative estimate of drug-likeness (QED) is 0.469. The maximum Gasteiger partial charge on any atom is 0.271 e. The Morgan fingerprint density at radius 1 is 0.893 bits per heavy atom. The number of halogens is 1. The van der Waals surface area contributed by atoms with Crippen molar-refractivity contribution in [3.63, 3.8) is 0 Å². The van der Waals surface area contributed by atoms with Gasteiger partial charge in [0.25, 0.3) is 11.8 Å². The number of anilines is 1. The molecule has 0 heterocycles. The van der Waals surface area contributed by atoms with Gasteiger partial charge < -0.3 is 10.4 Å². The molecule has 0 unspecified atom stereocenters. The van der Waals surface area contributed by atoms with Gasteiger partial charge in [0.2, 0.25) is 0 Å². The molecule has 0 spiro atoms. The van der Waals surface area contributed by atoms with Crippen molar-refractivity contribution in [2.75, 3.05) is 5.32 Å². The van der Waals surface area contributed by atoms with Crippen LogP contribution in [0, 0.1) is 5.82 Å². The van der Waals surface area contributed by atoms with Crippen LogP contribution >= 0.6 is 0 Å². The highest BCUT2D eigenvalue weighted by atomic mass is 19.1. The summed E-state index contributed by atoms with van der Waals surface area (Å²) in [6, 6.07) is 17.8. The fourth-order valence-corrected chi connectivity index (χ4v) is 2.33. The minimum absolute atomic E-state index is 0.140. The molecule has 3 aromatic rings. The minimum atomic E-state index is -0.451. The molecule has 0 aliphatic heterocycles. The zero-order chi connectivity index (χ0) is 19.9. The first-order valence-corrected chi connectivity index (χ1v) is 8.31. The Hall–Kier alpha value is -4.00. The summed E-state index contributed by atoms with van der Waals surface area (Å²) >= 11 is 0.